The van der Waals surface area contributed by atoms with Gasteiger partial charge >= 0.3 is 0 Å². The van der Waals surface area contributed by atoms with Crippen molar-refractivity contribution in [3.63, 3.8) is 0 Å². The van der Waals surface area contributed by atoms with Gasteiger partial charge in [-0.15, -0.1) is 0 Å². The van der Waals surface area contributed by atoms with Crippen LogP contribution in [0.4, 0.5) is 0 Å². The van der Waals surface area contributed by atoms with Crippen LogP contribution in [0, 0.1) is 0 Å². The smallest absolute Gasteiger partial charge is 0.251 e. The zero-order valence-electron chi connectivity index (χ0n) is 10.4. The van der Waals surface area contributed by atoms with Gasteiger partial charge in [0.15, 0.2) is 0 Å². The number of aliphatic hydroxyl groups is 1. The Balaban J connectivity index is 2.37. The van der Waals surface area contributed by atoms with Crippen molar-refractivity contribution < 1.29 is 14.0 Å². The summed E-state index contributed by atoms with van der Waals surface area (Å²) in [4.78, 5) is 16.3. The Morgan fingerprint density at radius 1 is 1.79 bits per heavy atom. The van der Waals surface area contributed by atoms with Crippen molar-refractivity contribution >= 4 is 5.91 Å². The number of rotatable bonds is 1. The van der Waals surface area contributed by atoms with E-state index in [1.165, 1.54) is 6.20 Å². The van der Waals surface area contributed by atoms with Gasteiger partial charge in [-0.25, -0.2) is 0 Å². The maximum absolute atomic E-state index is 11.6. The van der Waals surface area contributed by atoms with E-state index in [0.29, 0.717) is 5.56 Å². The number of hydrogen-bond acceptors (Lipinski definition) is 3. The molecule has 1 fully saturated rings. The second-order valence-electron chi connectivity index (χ2n) is 3.26. The third-order valence-electron chi connectivity index (χ3n) is 2.35. The topological polar surface area (TPSA) is 53.4 Å². The van der Waals surface area contributed by atoms with Crippen LogP contribution in [0.5, 0.6) is 0 Å². The van der Waals surface area contributed by atoms with E-state index in [2.05, 4.69) is 4.98 Å². The van der Waals surface area contributed by atoms with Crippen LogP contribution in [0.2, 0.25) is 0 Å². The number of aromatic nitrogens is 1. The van der Waals surface area contributed by atoms with E-state index in [1.54, 1.807) is 18.3 Å². The molecule has 0 aromatic carbocycles. The third kappa shape index (κ3) is 1.37. The fourth-order valence-corrected chi connectivity index (χ4v) is 1.59. The molecule has 0 radical (unpaired) electrons. The first-order chi connectivity index (χ1) is 7.91. The monoisotopic (exact) mass is 195 g/mol. The van der Waals surface area contributed by atoms with Crippen LogP contribution in [-0.2, 0) is 4.79 Å². The quantitative estimate of drug-likeness (QED) is 0.703. The highest BCUT2D eigenvalue weighted by atomic mass is 16.3. The molecule has 0 spiro atoms. The Bertz CT molecular complexity index is 421. The minimum atomic E-state index is -2.55. The molecule has 1 aromatic heterocycles. The van der Waals surface area contributed by atoms with Gasteiger partial charge in [0.05, 0.1) is 6.04 Å². The molecule has 1 aromatic rings. The maximum atomic E-state index is 11.6. The molecule has 4 nitrogen and oxygen atoms in total. The van der Waals surface area contributed by atoms with Crippen molar-refractivity contribution in [1.82, 2.24) is 9.88 Å². The SMILES string of the molecule is [2H]C([2H])([2H])N1C(=O)[C@@H](O)CC1c1cccnc1. The number of pyridine rings is 1. The van der Waals surface area contributed by atoms with Crippen molar-refractivity contribution in [2.24, 2.45) is 0 Å². The van der Waals surface area contributed by atoms with E-state index in [9.17, 15) is 9.90 Å². The van der Waals surface area contributed by atoms with Crippen molar-refractivity contribution in [3.05, 3.63) is 30.1 Å². The first-order valence-electron chi connectivity index (χ1n) is 5.82. The van der Waals surface area contributed by atoms with E-state index >= 15 is 0 Å². The molecule has 2 rings (SSSR count). The number of carbonyl (C=O) groups excluding carboxylic acids is 1. The first kappa shape index (κ1) is 6.14. The van der Waals surface area contributed by atoms with Gasteiger partial charge in [0.25, 0.3) is 5.91 Å². The Kier molecular flexibility index (Phi) is 1.48. The largest absolute Gasteiger partial charge is 0.383 e. The number of hydrogen-bond donors (Lipinski definition) is 1. The van der Waals surface area contributed by atoms with Crippen LogP contribution in [-0.4, -0.2) is 34.0 Å². The van der Waals surface area contributed by atoms with Gasteiger partial charge in [-0.1, -0.05) is 6.07 Å². The Morgan fingerprint density at radius 3 is 3.29 bits per heavy atom. The standard InChI is InChI=1S/C10H12N2O2/c1-12-8(5-9(13)10(12)14)7-3-2-4-11-6-7/h2-4,6,8-9,13H,5H2,1H3/t8?,9-/m0/s1/i1D3. The van der Waals surface area contributed by atoms with Crippen LogP contribution in [0.15, 0.2) is 24.5 Å². The molecule has 0 aliphatic carbocycles. The summed E-state index contributed by atoms with van der Waals surface area (Å²) < 4.78 is 22.0. The molecule has 0 bridgehead atoms. The van der Waals surface area contributed by atoms with Gasteiger partial charge in [-0.05, 0) is 11.6 Å². The lowest BCUT2D eigenvalue weighted by molar-refractivity contribution is -0.134. The molecule has 1 N–H and O–H groups in total. The Labute approximate surface area is 86.4 Å². The summed E-state index contributed by atoms with van der Waals surface area (Å²) in [6.07, 6.45) is 1.91. The summed E-state index contributed by atoms with van der Waals surface area (Å²) in [5.74, 6) is -0.751. The van der Waals surface area contributed by atoms with E-state index < -0.39 is 25.0 Å². The first-order valence-corrected chi connectivity index (χ1v) is 4.32. The van der Waals surface area contributed by atoms with Crippen molar-refractivity contribution in [1.29, 1.82) is 0 Å². The molecule has 1 amide bonds. The summed E-state index contributed by atoms with van der Waals surface area (Å²) in [6, 6.07) is 2.72. The van der Waals surface area contributed by atoms with Crippen molar-refractivity contribution in [2.45, 2.75) is 18.6 Å². The molecule has 0 saturated carbocycles. The van der Waals surface area contributed by atoms with Crippen LogP contribution in [0.1, 0.15) is 22.1 Å². The average Bonchev–Trinajstić information content (AvgIpc) is 2.56. The van der Waals surface area contributed by atoms with Gasteiger partial charge in [0, 0.05) is 29.9 Å². The lowest BCUT2D eigenvalue weighted by atomic mass is 10.1. The summed E-state index contributed by atoms with van der Waals surface area (Å²) in [7, 11) is 0. The molecule has 1 aliphatic rings. The molecule has 2 heterocycles. The summed E-state index contributed by atoms with van der Waals surface area (Å²) >= 11 is 0. The van der Waals surface area contributed by atoms with Gasteiger partial charge in [-0.3, -0.25) is 9.78 Å². The highest BCUT2D eigenvalue weighted by Crippen LogP contribution is 2.30. The minimum absolute atomic E-state index is 0.0862. The van der Waals surface area contributed by atoms with Crippen molar-refractivity contribution in [3.8, 4) is 0 Å². The van der Waals surface area contributed by atoms with Gasteiger partial charge in [0.2, 0.25) is 0 Å². The predicted octanol–water partition coefficient (Wildman–Crippen LogP) is 0.346. The predicted molar refractivity (Wildman–Crippen MR) is 50.4 cm³/mol. The molecule has 2 atom stereocenters. The zero-order chi connectivity index (χ0) is 12.6. The molecule has 1 aliphatic heterocycles. The summed E-state index contributed by atoms with van der Waals surface area (Å²) in [5.41, 5.74) is 0.619. The van der Waals surface area contributed by atoms with Crippen LogP contribution < -0.4 is 0 Å². The second kappa shape index (κ2) is 3.38. The number of likely N-dealkylation sites (tertiary alicyclic amines) is 1. The van der Waals surface area contributed by atoms with Gasteiger partial charge in [0.1, 0.15) is 6.10 Å². The Hall–Kier alpha value is -1.42. The number of nitrogens with zero attached hydrogens (tertiary/aromatic N) is 2. The number of carbonyl (C=O) groups is 1. The summed E-state index contributed by atoms with van der Waals surface area (Å²) in [5, 5.41) is 9.50. The fourth-order valence-electron chi connectivity index (χ4n) is 1.59. The normalized spacial score (nSPS) is 31.1. The average molecular weight is 195 g/mol. The number of aliphatic hydroxyl groups excluding tert-OH is 1. The molecular weight excluding hydrogens is 180 g/mol. The number of amides is 1. The highest BCUT2D eigenvalue weighted by Gasteiger charge is 2.36. The van der Waals surface area contributed by atoms with E-state index in [-0.39, 0.29) is 6.42 Å². The lowest BCUT2D eigenvalue weighted by Crippen LogP contribution is -2.26. The lowest BCUT2D eigenvalue weighted by Gasteiger charge is -2.18. The molecule has 4 heteroatoms. The van der Waals surface area contributed by atoms with Crippen LogP contribution >= 0.6 is 0 Å². The third-order valence-corrected chi connectivity index (χ3v) is 2.35. The number of likely N-dealkylation sites (N-methyl/N-ethyl adjacent to an activating group) is 1. The fraction of sp³-hybridized carbons (Fsp3) is 0.400. The molecule has 74 valence electrons. The van der Waals surface area contributed by atoms with Crippen LogP contribution in [0.25, 0.3) is 0 Å². The maximum Gasteiger partial charge on any atom is 0.251 e. The van der Waals surface area contributed by atoms with E-state index in [0.717, 1.165) is 4.90 Å². The van der Waals surface area contributed by atoms with Crippen LogP contribution in [0.3, 0.4) is 0 Å². The Morgan fingerprint density at radius 2 is 2.64 bits per heavy atom. The zero-order valence-corrected chi connectivity index (χ0v) is 7.42. The van der Waals surface area contributed by atoms with Gasteiger partial charge < -0.3 is 10.0 Å². The molecule has 1 saturated heterocycles. The van der Waals surface area contributed by atoms with E-state index in [1.807, 2.05) is 0 Å². The van der Waals surface area contributed by atoms with E-state index in [4.69, 9.17) is 4.11 Å². The molecule has 14 heavy (non-hydrogen) atoms. The highest BCUT2D eigenvalue weighted by molar-refractivity contribution is 5.83. The van der Waals surface area contributed by atoms with Gasteiger partial charge in [-0.2, -0.15) is 0 Å². The summed E-state index contributed by atoms with van der Waals surface area (Å²) in [6.45, 7) is -2.55. The molecule has 1 unspecified atom stereocenters. The molecular formula is C10H12N2O2. The second-order valence-corrected chi connectivity index (χ2v) is 3.26. The van der Waals surface area contributed by atoms with Crippen molar-refractivity contribution in [2.75, 3.05) is 6.98 Å². The minimum Gasteiger partial charge on any atom is -0.383 e.